The molecule has 0 saturated heterocycles. The van der Waals surface area contributed by atoms with Crippen molar-refractivity contribution in [2.45, 2.75) is 0 Å². The Morgan fingerprint density at radius 1 is 0.388 bits per heavy atom. The van der Waals surface area contributed by atoms with Crippen LogP contribution in [0.15, 0.2) is 182 Å². The molecule has 2 aromatic heterocycles. The average Bonchev–Trinajstić information content (AvgIpc) is 3.73. The topological polar surface area (TPSA) is 8.17 Å². The van der Waals surface area contributed by atoms with Crippen molar-refractivity contribution >= 4 is 81.1 Å². The van der Waals surface area contributed by atoms with E-state index in [9.17, 15) is 0 Å². The number of thiophene rings is 1. The van der Waals surface area contributed by atoms with Crippen LogP contribution in [0.3, 0.4) is 0 Å². The third-order valence-electron chi connectivity index (χ3n) is 9.76. The first kappa shape index (κ1) is 27.9. The largest absolute Gasteiger partial charge is 0.309 e. The number of para-hydroxylation sites is 2. The van der Waals surface area contributed by atoms with Gasteiger partial charge < -0.3 is 9.47 Å². The van der Waals surface area contributed by atoms with Gasteiger partial charge in [-0.15, -0.1) is 11.3 Å². The minimum Gasteiger partial charge on any atom is -0.309 e. The van der Waals surface area contributed by atoms with Crippen LogP contribution in [0.4, 0.5) is 17.1 Å². The summed E-state index contributed by atoms with van der Waals surface area (Å²) in [6.45, 7) is 0. The first-order valence-corrected chi connectivity index (χ1v) is 17.5. The highest BCUT2D eigenvalue weighted by Gasteiger charge is 2.23. The Kier molecular flexibility index (Phi) is 6.39. The van der Waals surface area contributed by atoms with Gasteiger partial charge in [-0.05, 0) is 77.2 Å². The van der Waals surface area contributed by atoms with E-state index in [-0.39, 0.29) is 0 Å². The van der Waals surface area contributed by atoms with Crippen LogP contribution in [-0.2, 0) is 0 Å². The van der Waals surface area contributed by atoms with Crippen LogP contribution in [0.5, 0.6) is 0 Å². The summed E-state index contributed by atoms with van der Waals surface area (Å²) in [4.78, 5) is 2.49. The molecule has 3 heteroatoms. The van der Waals surface area contributed by atoms with E-state index in [2.05, 4.69) is 191 Å². The van der Waals surface area contributed by atoms with E-state index in [1.54, 1.807) is 0 Å². The van der Waals surface area contributed by atoms with E-state index >= 15 is 0 Å². The minimum atomic E-state index is 1.12. The van der Waals surface area contributed by atoms with Crippen molar-refractivity contribution in [2.75, 3.05) is 4.90 Å². The molecule has 0 radical (unpaired) electrons. The van der Waals surface area contributed by atoms with Crippen LogP contribution < -0.4 is 4.90 Å². The Balaban J connectivity index is 1.31. The number of aromatic nitrogens is 1. The molecule has 0 saturated carbocycles. The van der Waals surface area contributed by atoms with Gasteiger partial charge in [-0.25, -0.2) is 0 Å². The minimum absolute atomic E-state index is 1.12. The lowest BCUT2D eigenvalue weighted by molar-refractivity contribution is 1.18. The van der Waals surface area contributed by atoms with Gasteiger partial charge in [-0.1, -0.05) is 121 Å². The number of fused-ring (bicyclic) bond motifs is 8. The molecule has 0 aliphatic carbocycles. The van der Waals surface area contributed by atoms with Crippen molar-refractivity contribution in [1.82, 2.24) is 4.57 Å². The molecule has 0 aliphatic rings. The first-order valence-electron chi connectivity index (χ1n) is 16.7. The smallest absolute Gasteiger partial charge is 0.0562 e. The number of anilines is 3. The fourth-order valence-corrected chi connectivity index (χ4v) is 8.79. The van der Waals surface area contributed by atoms with Crippen molar-refractivity contribution < 1.29 is 0 Å². The van der Waals surface area contributed by atoms with Crippen molar-refractivity contribution in [1.29, 1.82) is 0 Å². The van der Waals surface area contributed by atoms with Crippen molar-refractivity contribution in [3.8, 4) is 16.8 Å². The maximum atomic E-state index is 2.49. The molecule has 2 heterocycles. The molecule has 2 nitrogen and oxygen atoms in total. The number of benzene rings is 8. The summed E-state index contributed by atoms with van der Waals surface area (Å²) in [6.07, 6.45) is 0. The summed E-state index contributed by atoms with van der Waals surface area (Å²) in [7, 11) is 0. The molecule has 0 spiro atoms. The molecule has 10 aromatic rings. The Morgan fingerprint density at radius 2 is 1.04 bits per heavy atom. The Labute approximate surface area is 288 Å². The van der Waals surface area contributed by atoms with E-state index in [4.69, 9.17) is 0 Å². The van der Waals surface area contributed by atoms with Crippen LogP contribution in [0, 0.1) is 0 Å². The van der Waals surface area contributed by atoms with Gasteiger partial charge in [0.2, 0.25) is 0 Å². The van der Waals surface area contributed by atoms with Gasteiger partial charge in [-0.2, -0.15) is 0 Å². The molecule has 0 N–H and O–H groups in total. The van der Waals surface area contributed by atoms with E-state index in [1.807, 2.05) is 11.3 Å². The first-order chi connectivity index (χ1) is 24.3. The van der Waals surface area contributed by atoms with E-state index in [1.165, 1.54) is 63.9 Å². The highest BCUT2D eigenvalue weighted by Crippen LogP contribution is 2.48. The van der Waals surface area contributed by atoms with Gasteiger partial charge >= 0.3 is 0 Å². The van der Waals surface area contributed by atoms with Crippen LogP contribution >= 0.6 is 11.3 Å². The molecular formula is C46H30N2S. The highest BCUT2D eigenvalue weighted by atomic mass is 32.1. The number of nitrogens with zero attached hydrogens (tertiary/aromatic N) is 2. The van der Waals surface area contributed by atoms with Crippen LogP contribution in [0.2, 0.25) is 0 Å². The summed E-state index contributed by atoms with van der Waals surface area (Å²) < 4.78 is 5.04. The molecule has 0 aliphatic heterocycles. The lowest BCUT2D eigenvalue weighted by Crippen LogP contribution is -2.11. The lowest BCUT2D eigenvalue weighted by atomic mass is 10.00. The zero-order valence-electron chi connectivity index (χ0n) is 26.6. The molecule has 0 amide bonds. The Bertz CT molecular complexity index is 2830. The average molecular weight is 643 g/mol. The predicted molar refractivity (Wildman–Crippen MR) is 211 cm³/mol. The van der Waals surface area contributed by atoms with Gasteiger partial charge in [0.05, 0.1) is 22.4 Å². The summed E-state index contributed by atoms with van der Waals surface area (Å²) in [5, 5.41) is 7.61. The molecule has 8 aromatic carbocycles. The Hall–Kier alpha value is -6.16. The van der Waals surface area contributed by atoms with Crippen molar-refractivity contribution in [3.05, 3.63) is 182 Å². The van der Waals surface area contributed by atoms with E-state index in [0.717, 1.165) is 22.7 Å². The summed E-state index contributed by atoms with van der Waals surface area (Å²) in [5.41, 5.74) is 9.34. The zero-order valence-corrected chi connectivity index (χ0v) is 27.4. The quantitative estimate of drug-likeness (QED) is 0.181. The lowest BCUT2D eigenvalue weighted by Gasteiger charge is -2.28. The third-order valence-corrected chi connectivity index (χ3v) is 10.9. The molecule has 49 heavy (non-hydrogen) atoms. The monoisotopic (exact) mass is 642 g/mol. The molecule has 230 valence electrons. The third kappa shape index (κ3) is 4.40. The van der Waals surface area contributed by atoms with Gasteiger partial charge in [0.15, 0.2) is 0 Å². The highest BCUT2D eigenvalue weighted by molar-refractivity contribution is 7.26. The molecule has 0 bridgehead atoms. The maximum Gasteiger partial charge on any atom is 0.0562 e. The SMILES string of the molecule is c1ccc(-c2cccc(N(c3cccc4c3ccc3sc5ccccc5c34)c3cccc4c3c3ccccc3n4-c3ccccc3)c2)cc1. The maximum absolute atomic E-state index is 2.49. The molecule has 0 unspecified atom stereocenters. The second-order valence-corrected chi connectivity index (χ2v) is 13.6. The fraction of sp³-hybridized carbons (Fsp3) is 0. The fourth-order valence-electron chi connectivity index (χ4n) is 7.66. The number of hydrogen-bond acceptors (Lipinski definition) is 2. The van der Waals surface area contributed by atoms with Gasteiger partial charge in [-0.3, -0.25) is 0 Å². The van der Waals surface area contributed by atoms with Gasteiger partial charge in [0.25, 0.3) is 0 Å². The van der Waals surface area contributed by atoms with Gasteiger partial charge in [0, 0.05) is 47.7 Å². The summed E-state index contributed by atoms with van der Waals surface area (Å²) >= 11 is 1.87. The van der Waals surface area contributed by atoms with E-state index < -0.39 is 0 Å². The normalized spacial score (nSPS) is 11.7. The van der Waals surface area contributed by atoms with Gasteiger partial charge in [0.1, 0.15) is 0 Å². The molecule has 0 fully saturated rings. The molecule has 0 atom stereocenters. The predicted octanol–water partition coefficient (Wildman–Crippen LogP) is 13.4. The number of hydrogen-bond donors (Lipinski definition) is 0. The molecular weight excluding hydrogens is 613 g/mol. The summed E-state index contributed by atoms with van der Waals surface area (Å²) in [6, 6.07) is 66.2. The number of rotatable bonds is 5. The van der Waals surface area contributed by atoms with Crippen LogP contribution in [0.25, 0.3) is 69.6 Å². The Morgan fingerprint density at radius 3 is 1.92 bits per heavy atom. The standard InChI is InChI=1S/C46H30N2S/c1-3-14-31(15-4-1)32-16-11-19-34(30-32)48(39-24-12-22-36-35(39)28-29-44-45(36)38-21-8-10-27-43(38)49-44)42-26-13-25-41-46(42)37-20-7-9-23-40(37)47(41)33-17-5-2-6-18-33/h1-30H. The summed E-state index contributed by atoms with van der Waals surface area (Å²) in [5.74, 6) is 0. The zero-order chi connectivity index (χ0) is 32.3. The van der Waals surface area contributed by atoms with Crippen molar-refractivity contribution in [3.63, 3.8) is 0 Å². The second-order valence-electron chi connectivity index (χ2n) is 12.5. The molecule has 10 rings (SSSR count). The van der Waals surface area contributed by atoms with Crippen LogP contribution in [-0.4, -0.2) is 4.57 Å². The van der Waals surface area contributed by atoms with Crippen molar-refractivity contribution in [2.24, 2.45) is 0 Å². The second kappa shape index (κ2) is 11.2. The van der Waals surface area contributed by atoms with Crippen LogP contribution in [0.1, 0.15) is 0 Å². The van der Waals surface area contributed by atoms with E-state index in [0.29, 0.717) is 0 Å².